The molecule has 31 heavy (non-hydrogen) atoms. The van der Waals surface area contributed by atoms with Crippen molar-refractivity contribution >= 4 is 21.6 Å². The SMILES string of the molecule is COc1ccc(N2CCCN(C(=O)c3cc(S(=O)(=O)N4CCCC4)c(C)o3)CC2)cc1. The summed E-state index contributed by atoms with van der Waals surface area (Å²) in [5, 5.41) is 0. The van der Waals surface area contributed by atoms with Crippen molar-refractivity contribution in [3.8, 4) is 5.75 Å². The van der Waals surface area contributed by atoms with Crippen LogP contribution in [-0.2, 0) is 10.0 Å². The lowest BCUT2D eigenvalue weighted by atomic mass is 10.2. The molecule has 1 aromatic heterocycles. The molecule has 1 aromatic carbocycles. The lowest BCUT2D eigenvalue weighted by molar-refractivity contribution is 0.0733. The largest absolute Gasteiger partial charge is 0.497 e. The fourth-order valence-corrected chi connectivity index (χ4v) is 5.90. The average molecular weight is 448 g/mol. The number of ether oxygens (including phenoxy) is 1. The third kappa shape index (κ3) is 4.43. The van der Waals surface area contributed by atoms with Crippen LogP contribution in [0.5, 0.6) is 5.75 Å². The molecule has 0 saturated carbocycles. The number of furan rings is 1. The van der Waals surface area contributed by atoms with Gasteiger partial charge in [-0.05, 0) is 50.5 Å². The molecule has 0 unspecified atom stereocenters. The Bertz CT molecular complexity index is 1030. The van der Waals surface area contributed by atoms with Crippen molar-refractivity contribution in [1.82, 2.24) is 9.21 Å². The van der Waals surface area contributed by atoms with E-state index >= 15 is 0 Å². The van der Waals surface area contributed by atoms with Gasteiger partial charge in [0.05, 0.1) is 7.11 Å². The molecule has 2 saturated heterocycles. The maximum atomic E-state index is 13.1. The Hall–Kier alpha value is -2.52. The Kier molecular flexibility index (Phi) is 6.24. The summed E-state index contributed by atoms with van der Waals surface area (Å²) in [6, 6.07) is 9.29. The number of methoxy groups -OCH3 is 1. The Morgan fingerprint density at radius 1 is 0.968 bits per heavy atom. The first-order chi connectivity index (χ1) is 14.9. The van der Waals surface area contributed by atoms with Gasteiger partial charge in [0, 0.05) is 51.0 Å². The summed E-state index contributed by atoms with van der Waals surface area (Å²) in [5.41, 5.74) is 1.09. The summed E-state index contributed by atoms with van der Waals surface area (Å²) in [6.45, 7) is 5.30. The highest BCUT2D eigenvalue weighted by molar-refractivity contribution is 7.89. The molecule has 2 aliphatic heterocycles. The standard InChI is InChI=1S/C22H29N3O5S/c1-17-21(31(27,28)25-12-3-4-13-25)16-20(30-17)22(26)24-11-5-10-23(14-15-24)18-6-8-19(29-2)9-7-18/h6-9,16H,3-5,10-15H2,1-2H3. The minimum Gasteiger partial charge on any atom is -0.497 e. The minimum atomic E-state index is -3.62. The molecule has 0 atom stereocenters. The van der Waals surface area contributed by atoms with Crippen molar-refractivity contribution in [2.45, 2.75) is 31.1 Å². The van der Waals surface area contributed by atoms with Gasteiger partial charge in [0.15, 0.2) is 5.76 Å². The molecule has 4 rings (SSSR count). The highest BCUT2D eigenvalue weighted by Gasteiger charge is 2.33. The van der Waals surface area contributed by atoms with E-state index in [1.165, 1.54) is 10.4 Å². The molecule has 8 nitrogen and oxygen atoms in total. The summed E-state index contributed by atoms with van der Waals surface area (Å²) in [7, 11) is -1.98. The molecule has 2 aromatic rings. The first-order valence-corrected chi connectivity index (χ1v) is 12.1. The van der Waals surface area contributed by atoms with Gasteiger partial charge in [0.1, 0.15) is 16.4 Å². The topological polar surface area (TPSA) is 83.3 Å². The lowest BCUT2D eigenvalue weighted by Crippen LogP contribution is -2.35. The number of rotatable bonds is 5. The number of carbonyl (C=O) groups is 1. The fourth-order valence-electron chi connectivity index (χ4n) is 4.22. The predicted molar refractivity (Wildman–Crippen MR) is 117 cm³/mol. The van der Waals surface area contributed by atoms with Crippen molar-refractivity contribution in [3.05, 3.63) is 41.9 Å². The smallest absolute Gasteiger partial charge is 0.289 e. The zero-order valence-electron chi connectivity index (χ0n) is 18.0. The van der Waals surface area contributed by atoms with E-state index in [9.17, 15) is 13.2 Å². The number of sulfonamides is 1. The van der Waals surface area contributed by atoms with E-state index in [0.717, 1.165) is 37.2 Å². The van der Waals surface area contributed by atoms with E-state index in [1.54, 1.807) is 18.9 Å². The third-order valence-electron chi connectivity index (χ3n) is 5.99. The van der Waals surface area contributed by atoms with Crippen LogP contribution in [0.1, 0.15) is 35.6 Å². The van der Waals surface area contributed by atoms with Gasteiger partial charge in [-0.3, -0.25) is 4.79 Å². The third-order valence-corrected chi connectivity index (χ3v) is 7.99. The quantitative estimate of drug-likeness (QED) is 0.701. The van der Waals surface area contributed by atoms with Crippen LogP contribution >= 0.6 is 0 Å². The number of carbonyl (C=O) groups excluding carboxylic acids is 1. The summed E-state index contributed by atoms with van der Waals surface area (Å²) >= 11 is 0. The van der Waals surface area contributed by atoms with Gasteiger partial charge >= 0.3 is 0 Å². The van der Waals surface area contributed by atoms with Crippen LogP contribution in [0.4, 0.5) is 5.69 Å². The molecule has 0 N–H and O–H groups in total. The second kappa shape index (κ2) is 8.92. The molecule has 0 aliphatic carbocycles. The van der Waals surface area contributed by atoms with Gasteiger partial charge < -0.3 is 19.0 Å². The van der Waals surface area contributed by atoms with Gasteiger partial charge in [-0.25, -0.2) is 8.42 Å². The predicted octanol–water partition coefficient (Wildman–Crippen LogP) is 2.73. The zero-order valence-corrected chi connectivity index (χ0v) is 18.9. The summed E-state index contributed by atoms with van der Waals surface area (Å²) in [4.78, 5) is 17.2. The molecule has 0 bridgehead atoms. The van der Waals surface area contributed by atoms with E-state index in [1.807, 2.05) is 24.3 Å². The summed E-state index contributed by atoms with van der Waals surface area (Å²) in [5.74, 6) is 0.906. The summed E-state index contributed by atoms with van der Waals surface area (Å²) < 4.78 is 38.1. The van der Waals surface area contributed by atoms with Crippen LogP contribution in [0.15, 0.2) is 39.6 Å². The number of amides is 1. The van der Waals surface area contributed by atoms with Crippen molar-refractivity contribution in [3.63, 3.8) is 0 Å². The van der Waals surface area contributed by atoms with Gasteiger partial charge in [-0.2, -0.15) is 4.31 Å². The van der Waals surface area contributed by atoms with Crippen LogP contribution < -0.4 is 9.64 Å². The van der Waals surface area contributed by atoms with E-state index in [2.05, 4.69) is 4.90 Å². The van der Waals surface area contributed by atoms with E-state index in [4.69, 9.17) is 9.15 Å². The maximum absolute atomic E-state index is 13.1. The number of nitrogens with zero attached hydrogens (tertiary/aromatic N) is 3. The fraction of sp³-hybridized carbons (Fsp3) is 0.500. The first kappa shape index (κ1) is 21.7. The number of anilines is 1. The van der Waals surface area contributed by atoms with E-state index in [-0.39, 0.29) is 22.3 Å². The van der Waals surface area contributed by atoms with Gasteiger partial charge in [-0.1, -0.05) is 0 Å². The molecule has 0 radical (unpaired) electrons. The zero-order chi connectivity index (χ0) is 22.0. The molecular formula is C22H29N3O5S. The molecule has 3 heterocycles. The van der Waals surface area contributed by atoms with Gasteiger partial charge in [0.2, 0.25) is 10.0 Å². The lowest BCUT2D eigenvalue weighted by Gasteiger charge is -2.23. The van der Waals surface area contributed by atoms with Gasteiger partial charge in [-0.15, -0.1) is 0 Å². The highest BCUT2D eigenvalue weighted by atomic mass is 32.2. The van der Waals surface area contributed by atoms with Crippen LogP contribution in [0.3, 0.4) is 0 Å². The average Bonchev–Trinajstić information content (AvgIpc) is 3.39. The number of hydrogen-bond acceptors (Lipinski definition) is 6. The first-order valence-electron chi connectivity index (χ1n) is 10.7. The van der Waals surface area contributed by atoms with Crippen molar-refractivity contribution in [2.75, 3.05) is 51.3 Å². The number of aryl methyl sites for hydroxylation is 1. The van der Waals surface area contributed by atoms with Crippen molar-refractivity contribution in [2.24, 2.45) is 0 Å². The van der Waals surface area contributed by atoms with Crippen molar-refractivity contribution in [1.29, 1.82) is 0 Å². The molecule has 168 valence electrons. The Morgan fingerprint density at radius 2 is 1.68 bits per heavy atom. The second-order valence-electron chi connectivity index (χ2n) is 7.97. The monoisotopic (exact) mass is 447 g/mol. The highest BCUT2D eigenvalue weighted by Crippen LogP contribution is 2.27. The van der Waals surface area contributed by atoms with Crippen LogP contribution in [-0.4, -0.2) is 69.9 Å². The minimum absolute atomic E-state index is 0.0909. The Labute approximate surface area is 183 Å². The molecule has 2 aliphatic rings. The normalized spacial score (nSPS) is 18.3. The number of hydrogen-bond donors (Lipinski definition) is 0. The molecule has 0 spiro atoms. The van der Waals surface area contributed by atoms with Gasteiger partial charge in [0.25, 0.3) is 5.91 Å². The summed E-state index contributed by atoms with van der Waals surface area (Å²) in [6.07, 6.45) is 2.54. The molecule has 1 amide bonds. The maximum Gasteiger partial charge on any atom is 0.289 e. The second-order valence-corrected chi connectivity index (χ2v) is 9.88. The molecule has 2 fully saturated rings. The van der Waals surface area contributed by atoms with E-state index < -0.39 is 10.0 Å². The number of benzene rings is 1. The Balaban J connectivity index is 1.46. The molecule has 9 heteroatoms. The van der Waals surface area contributed by atoms with Crippen LogP contribution in [0, 0.1) is 6.92 Å². The van der Waals surface area contributed by atoms with Crippen molar-refractivity contribution < 1.29 is 22.4 Å². The van der Waals surface area contributed by atoms with Crippen LogP contribution in [0.25, 0.3) is 0 Å². The Morgan fingerprint density at radius 3 is 2.35 bits per heavy atom. The molecular weight excluding hydrogens is 418 g/mol. The van der Waals surface area contributed by atoms with Crippen LogP contribution in [0.2, 0.25) is 0 Å². The van der Waals surface area contributed by atoms with E-state index in [0.29, 0.717) is 32.7 Å².